The number of carbonyl (C=O) groups is 1. The summed E-state index contributed by atoms with van der Waals surface area (Å²) in [4.78, 5) is 13.8. The molecule has 3 rings (SSSR count). The number of anilines is 1. The Kier molecular flexibility index (Phi) is 4.11. The van der Waals surface area contributed by atoms with Gasteiger partial charge in [0.05, 0.1) is 13.7 Å². The molecule has 2 aromatic rings. The molecule has 0 radical (unpaired) electrons. The zero-order chi connectivity index (χ0) is 17.5. The number of fused-ring (bicyclic) bond motifs is 1. The second kappa shape index (κ2) is 5.96. The Morgan fingerprint density at radius 2 is 2.12 bits per heavy atom. The predicted molar refractivity (Wildman–Crippen MR) is 89.7 cm³/mol. The van der Waals surface area contributed by atoms with Crippen molar-refractivity contribution in [3.8, 4) is 0 Å². The number of ether oxygens (including phenoxy) is 1. The highest BCUT2D eigenvalue weighted by Gasteiger charge is 2.37. The van der Waals surface area contributed by atoms with Crippen LogP contribution in [0.25, 0.3) is 0 Å². The third-order valence-corrected chi connectivity index (χ3v) is 4.71. The smallest absolute Gasteiger partial charge is 0.373 e. The number of hydrogen-bond donors (Lipinski definition) is 0. The molecule has 5 heteroatoms. The molecule has 0 N–H and O–H groups in total. The number of benzene rings is 1. The minimum atomic E-state index is -0.491. The van der Waals surface area contributed by atoms with E-state index in [1.54, 1.807) is 18.2 Å². The number of nitrogens with zero attached hydrogens (tertiary/aromatic N) is 1. The van der Waals surface area contributed by atoms with Crippen molar-refractivity contribution in [2.45, 2.75) is 45.2 Å². The van der Waals surface area contributed by atoms with Gasteiger partial charge in [-0.1, -0.05) is 6.92 Å². The second-order valence-corrected chi connectivity index (χ2v) is 6.96. The normalized spacial score (nSPS) is 19.0. The van der Waals surface area contributed by atoms with E-state index in [4.69, 9.17) is 4.42 Å². The summed E-state index contributed by atoms with van der Waals surface area (Å²) in [5, 5.41) is 0. The Hall–Kier alpha value is -2.30. The molecule has 0 unspecified atom stereocenters. The topological polar surface area (TPSA) is 42.7 Å². The van der Waals surface area contributed by atoms with Crippen LogP contribution in [-0.4, -0.2) is 18.6 Å². The van der Waals surface area contributed by atoms with Gasteiger partial charge < -0.3 is 14.1 Å². The molecule has 0 bridgehead atoms. The van der Waals surface area contributed by atoms with Gasteiger partial charge in [0.2, 0.25) is 5.76 Å². The lowest BCUT2D eigenvalue weighted by Gasteiger charge is -2.47. The molecule has 1 aromatic heterocycles. The fourth-order valence-electron chi connectivity index (χ4n) is 3.59. The molecular formula is C19H22FNO3. The van der Waals surface area contributed by atoms with Crippen LogP contribution in [0.2, 0.25) is 0 Å². The molecule has 0 fully saturated rings. The van der Waals surface area contributed by atoms with Crippen molar-refractivity contribution in [3.63, 3.8) is 0 Å². The average Bonchev–Trinajstić information content (AvgIpc) is 2.99. The molecule has 0 aliphatic carbocycles. The highest BCUT2D eigenvalue weighted by Crippen LogP contribution is 2.44. The summed E-state index contributed by atoms with van der Waals surface area (Å²) in [5.41, 5.74) is 1.91. The first-order valence-corrected chi connectivity index (χ1v) is 8.06. The molecule has 0 saturated heterocycles. The molecular weight excluding hydrogens is 309 g/mol. The zero-order valence-corrected chi connectivity index (χ0v) is 14.4. The lowest BCUT2D eigenvalue weighted by molar-refractivity contribution is 0.0563. The van der Waals surface area contributed by atoms with Crippen LogP contribution < -0.4 is 4.90 Å². The second-order valence-electron chi connectivity index (χ2n) is 6.96. The van der Waals surface area contributed by atoms with E-state index in [-0.39, 0.29) is 23.0 Å². The van der Waals surface area contributed by atoms with Crippen molar-refractivity contribution in [2.24, 2.45) is 0 Å². The minimum Gasteiger partial charge on any atom is -0.463 e. The lowest BCUT2D eigenvalue weighted by atomic mass is 9.80. The number of hydrogen-bond acceptors (Lipinski definition) is 4. The molecule has 0 spiro atoms. The molecule has 0 saturated carbocycles. The van der Waals surface area contributed by atoms with Crippen molar-refractivity contribution >= 4 is 11.7 Å². The number of rotatable bonds is 3. The highest BCUT2D eigenvalue weighted by atomic mass is 19.1. The van der Waals surface area contributed by atoms with Crippen LogP contribution in [0.5, 0.6) is 0 Å². The molecule has 1 aromatic carbocycles. The number of esters is 1. The molecule has 24 heavy (non-hydrogen) atoms. The third-order valence-electron chi connectivity index (χ3n) is 4.71. The maximum atomic E-state index is 13.7. The number of halogens is 1. The van der Waals surface area contributed by atoms with E-state index < -0.39 is 5.97 Å². The molecule has 1 aliphatic rings. The van der Waals surface area contributed by atoms with Crippen molar-refractivity contribution in [1.82, 2.24) is 0 Å². The van der Waals surface area contributed by atoms with Crippen LogP contribution in [0.1, 0.15) is 55.0 Å². The van der Waals surface area contributed by atoms with E-state index in [0.717, 1.165) is 17.7 Å². The number of carbonyl (C=O) groups excluding carboxylic acids is 1. The first kappa shape index (κ1) is 16.6. The quantitative estimate of drug-likeness (QED) is 0.777. The molecule has 1 atom stereocenters. The maximum Gasteiger partial charge on any atom is 0.373 e. The Labute approximate surface area is 141 Å². The first-order valence-electron chi connectivity index (χ1n) is 8.06. The summed E-state index contributed by atoms with van der Waals surface area (Å²) in [7, 11) is 1.32. The highest BCUT2D eigenvalue weighted by molar-refractivity contribution is 5.86. The standard InChI is InChI=1S/C19H22FNO3/c1-12-10-19(2,3)21(16-7-5-13(20)9-15(12)16)11-14-6-8-17(24-14)18(22)23-4/h5-9,12H,10-11H2,1-4H3/t12-/m0/s1. The van der Waals surface area contributed by atoms with Gasteiger partial charge >= 0.3 is 5.97 Å². The van der Waals surface area contributed by atoms with Gasteiger partial charge in [0, 0.05) is 11.2 Å². The SMILES string of the molecule is COC(=O)c1ccc(CN2c3ccc(F)cc3[C@@H](C)CC2(C)C)o1. The molecule has 4 nitrogen and oxygen atoms in total. The third kappa shape index (κ3) is 2.90. The van der Waals surface area contributed by atoms with Gasteiger partial charge in [-0.3, -0.25) is 0 Å². The van der Waals surface area contributed by atoms with Crippen molar-refractivity contribution < 1.29 is 18.3 Å². The van der Waals surface area contributed by atoms with Gasteiger partial charge in [-0.15, -0.1) is 0 Å². The lowest BCUT2D eigenvalue weighted by Crippen LogP contribution is -2.47. The Morgan fingerprint density at radius 3 is 2.83 bits per heavy atom. The number of furan rings is 1. The summed E-state index contributed by atoms with van der Waals surface area (Å²) < 4.78 is 23.9. The van der Waals surface area contributed by atoms with E-state index in [9.17, 15) is 9.18 Å². The van der Waals surface area contributed by atoms with Crippen LogP contribution in [0, 0.1) is 5.82 Å². The summed E-state index contributed by atoms with van der Waals surface area (Å²) in [6.07, 6.45) is 0.911. The van der Waals surface area contributed by atoms with Crippen LogP contribution in [0.4, 0.5) is 10.1 Å². The summed E-state index contributed by atoms with van der Waals surface area (Å²) in [6, 6.07) is 8.33. The van der Waals surface area contributed by atoms with Gasteiger partial charge in [0.15, 0.2) is 0 Å². The van der Waals surface area contributed by atoms with Crippen LogP contribution in [-0.2, 0) is 11.3 Å². The zero-order valence-electron chi connectivity index (χ0n) is 14.4. The molecule has 0 amide bonds. The predicted octanol–water partition coefficient (Wildman–Crippen LogP) is 4.50. The molecule has 128 valence electrons. The number of methoxy groups -OCH3 is 1. The van der Waals surface area contributed by atoms with E-state index in [0.29, 0.717) is 12.3 Å². The average molecular weight is 331 g/mol. The van der Waals surface area contributed by atoms with Gasteiger partial charge in [-0.2, -0.15) is 0 Å². The minimum absolute atomic E-state index is 0.109. The monoisotopic (exact) mass is 331 g/mol. The largest absolute Gasteiger partial charge is 0.463 e. The van der Waals surface area contributed by atoms with E-state index in [1.165, 1.54) is 13.2 Å². The van der Waals surface area contributed by atoms with Gasteiger partial charge in [0.25, 0.3) is 0 Å². The Balaban J connectivity index is 1.95. The van der Waals surface area contributed by atoms with Crippen molar-refractivity contribution in [2.75, 3.05) is 12.0 Å². The van der Waals surface area contributed by atoms with Crippen LogP contribution in [0.15, 0.2) is 34.7 Å². The summed E-state index contributed by atoms with van der Waals surface area (Å²) >= 11 is 0. The maximum absolute atomic E-state index is 13.7. The van der Waals surface area contributed by atoms with E-state index in [2.05, 4.69) is 30.4 Å². The van der Waals surface area contributed by atoms with E-state index in [1.807, 2.05) is 6.07 Å². The van der Waals surface area contributed by atoms with Crippen LogP contribution in [0.3, 0.4) is 0 Å². The van der Waals surface area contributed by atoms with Gasteiger partial charge in [-0.05, 0) is 62.1 Å². The van der Waals surface area contributed by atoms with E-state index >= 15 is 0 Å². The first-order chi connectivity index (χ1) is 11.3. The molecule has 2 heterocycles. The molecule has 1 aliphatic heterocycles. The van der Waals surface area contributed by atoms with Crippen molar-refractivity contribution in [1.29, 1.82) is 0 Å². The summed E-state index contributed by atoms with van der Waals surface area (Å²) in [5.74, 6) is 0.439. The van der Waals surface area contributed by atoms with Crippen molar-refractivity contribution in [3.05, 3.63) is 53.2 Å². The fourth-order valence-corrected chi connectivity index (χ4v) is 3.59. The Bertz CT molecular complexity index is 766. The van der Waals surface area contributed by atoms with Gasteiger partial charge in [-0.25, -0.2) is 9.18 Å². The van der Waals surface area contributed by atoms with Gasteiger partial charge in [0.1, 0.15) is 11.6 Å². The Morgan fingerprint density at radius 1 is 1.38 bits per heavy atom. The summed E-state index contributed by atoms with van der Waals surface area (Å²) in [6.45, 7) is 6.97. The van der Waals surface area contributed by atoms with Crippen LogP contribution >= 0.6 is 0 Å². The fraction of sp³-hybridized carbons (Fsp3) is 0.421.